The summed E-state index contributed by atoms with van der Waals surface area (Å²) in [6.07, 6.45) is 16.6. The summed E-state index contributed by atoms with van der Waals surface area (Å²) in [7, 11) is 0. The van der Waals surface area contributed by atoms with E-state index in [2.05, 4.69) is 19.9 Å². The average Bonchev–Trinajstić information content (AvgIpc) is 3.47. The van der Waals surface area contributed by atoms with Gasteiger partial charge < -0.3 is 14.2 Å². The third-order valence-corrected chi connectivity index (χ3v) is 8.34. The van der Waals surface area contributed by atoms with E-state index in [4.69, 9.17) is 14.2 Å². The van der Waals surface area contributed by atoms with Crippen LogP contribution in [0.1, 0.15) is 71.6 Å². The molecule has 138 valence electrons. The van der Waals surface area contributed by atoms with Gasteiger partial charge in [-0.15, -0.1) is 0 Å². The van der Waals surface area contributed by atoms with Crippen molar-refractivity contribution in [2.45, 2.75) is 107 Å². The predicted molar refractivity (Wildman–Crippen MR) is 95.3 cm³/mol. The van der Waals surface area contributed by atoms with Crippen LogP contribution in [0.25, 0.3) is 0 Å². The lowest BCUT2D eigenvalue weighted by molar-refractivity contribution is 0.256. The zero-order chi connectivity index (χ0) is 16.8. The molecular formula is C22H32O3. The zero-order valence-electron chi connectivity index (χ0n) is 15.7. The van der Waals surface area contributed by atoms with E-state index in [0.29, 0.717) is 24.4 Å². The van der Waals surface area contributed by atoms with E-state index in [-0.39, 0.29) is 11.2 Å². The van der Waals surface area contributed by atoms with Crippen molar-refractivity contribution in [2.75, 3.05) is 0 Å². The molecule has 6 aliphatic rings. The van der Waals surface area contributed by atoms with Crippen LogP contribution in [0.4, 0.5) is 0 Å². The van der Waals surface area contributed by atoms with E-state index in [0.717, 1.165) is 17.8 Å². The van der Waals surface area contributed by atoms with Crippen LogP contribution in [0, 0.1) is 17.8 Å². The van der Waals surface area contributed by atoms with E-state index in [9.17, 15) is 0 Å². The van der Waals surface area contributed by atoms with E-state index < -0.39 is 0 Å². The second-order valence-corrected chi connectivity index (χ2v) is 10.2. The van der Waals surface area contributed by atoms with Crippen LogP contribution in [-0.4, -0.2) is 35.6 Å². The molecule has 6 fully saturated rings. The van der Waals surface area contributed by atoms with E-state index in [1.165, 1.54) is 57.8 Å². The monoisotopic (exact) mass is 344 g/mol. The molecule has 0 aromatic heterocycles. The first-order valence-electron chi connectivity index (χ1n) is 10.8. The van der Waals surface area contributed by atoms with Gasteiger partial charge in [-0.3, -0.25) is 0 Å². The van der Waals surface area contributed by atoms with Crippen LogP contribution >= 0.6 is 0 Å². The Kier molecular flexibility index (Phi) is 3.20. The van der Waals surface area contributed by atoms with Gasteiger partial charge in [-0.05, 0) is 89.4 Å². The molecule has 0 aromatic rings. The lowest BCUT2D eigenvalue weighted by Gasteiger charge is -2.35. The molecule has 9 unspecified atom stereocenters. The number of hydrogen-bond acceptors (Lipinski definition) is 3. The summed E-state index contributed by atoms with van der Waals surface area (Å²) in [4.78, 5) is 0. The molecule has 0 amide bonds. The van der Waals surface area contributed by atoms with Crippen LogP contribution in [0.2, 0.25) is 0 Å². The fourth-order valence-corrected chi connectivity index (χ4v) is 6.59. The SMILES string of the molecule is CC12CC(C(=CC3CCC4OC4C3)C3CCC4OC4(C)C3)CCC1O2. The van der Waals surface area contributed by atoms with Gasteiger partial charge in [-0.25, -0.2) is 0 Å². The molecular weight excluding hydrogens is 312 g/mol. The van der Waals surface area contributed by atoms with Crippen molar-refractivity contribution in [3.63, 3.8) is 0 Å². The second kappa shape index (κ2) is 5.11. The number of allylic oxidation sites excluding steroid dienone is 2. The Labute approximate surface area is 151 Å². The molecule has 0 N–H and O–H groups in total. The molecule has 3 nitrogen and oxygen atoms in total. The smallest absolute Gasteiger partial charge is 0.0926 e. The summed E-state index contributed by atoms with van der Waals surface area (Å²) >= 11 is 0. The standard InChI is InChI=1S/C22H32O3/c1-21-11-14(4-7-19(21)24-21)16(9-13-3-6-17-18(10-13)23-17)15-5-8-20-22(2,12-15)25-20/h9,13-15,17-20H,3-8,10-12H2,1-2H3. The Hall–Kier alpha value is -0.380. The number of ether oxygens (including phenoxy) is 3. The van der Waals surface area contributed by atoms with Crippen LogP contribution in [-0.2, 0) is 14.2 Å². The molecule has 3 aliphatic carbocycles. The minimum Gasteiger partial charge on any atom is -0.370 e. The fourth-order valence-electron chi connectivity index (χ4n) is 6.59. The molecule has 3 saturated heterocycles. The van der Waals surface area contributed by atoms with Crippen molar-refractivity contribution < 1.29 is 14.2 Å². The Bertz CT molecular complexity index is 578. The van der Waals surface area contributed by atoms with Gasteiger partial charge in [0.1, 0.15) is 0 Å². The predicted octanol–water partition coefficient (Wildman–Crippen LogP) is 4.40. The van der Waals surface area contributed by atoms with Crippen LogP contribution in [0.15, 0.2) is 11.6 Å². The van der Waals surface area contributed by atoms with Crippen molar-refractivity contribution in [1.82, 2.24) is 0 Å². The van der Waals surface area contributed by atoms with Crippen molar-refractivity contribution >= 4 is 0 Å². The van der Waals surface area contributed by atoms with Gasteiger partial charge in [0.2, 0.25) is 0 Å². The Balaban J connectivity index is 1.26. The first-order valence-corrected chi connectivity index (χ1v) is 10.8. The Morgan fingerprint density at radius 1 is 0.800 bits per heavy atom. The fraction of sp³-hybridized carbons (Fsp3) is 0.909. The number of epoxide rings is 3. The summed E-state index contributed by atoms with van der Waals surface area (Å²) in [5.41, 5.74) is 2.17. The Morgan fingerprint density at radius 3 is 2.00 bits per heavy atom. The van der Waals surface area contributed by atoms with Gasteiger partial charge in [0.05, 0.1) is 35.6 Å². The lowest BCUT2D eigenvalue weighted by atomic mass is 9.68. The largest absolute Gasteiger partial charge is 0.370 e. The van der Waals surface area contributed by atoms with Crippen molar-refractivity contribution in [1.29, 1.82) is 0 Å². The van der Waals surface area contributed by atoms with E-state index >= 15 is 0 Å². The molecule has 0 bridgehead atoms. The van der Waals surface area contributed by atoms with Gasteiger partial charge in [0.15, 0.2) is 0 Å². The first-order chi connectivity index (χ1) is 12.0. The maximum absolute atomic E-state index is 6.02. The molecule has 3 heteroatoms. The van der Waals surface area contributed by atoms with Crippen LogP contribution in [0.5, 0.6) is 0 Å². The molecule has 3 saturated carbocycles. The van der Waals surface area contributed by atoms with Crippen molar-refractivity contribution in [3.8, 4) is 0 Å². The summed E-state index contributed by atoms with van der Waals surface area (Å²) < 4.78 is 17.8. The normalized spacial score (nSPS) is 58.4. The van der Waals surface area contributed by atoms with Crippen molar-refractivity contribution in [3.05, 3.63) is 11.6 Å². The summed E-state index contributed by atoms with van der Waals surface area (Å²) in [5, 5.41) is 0. The molecule has 9 atom stereocenters. The van der Waals surface area contributed by atoms with Gasteiger partial charge in [-0.1, -0.05) is 11.6 Å². The molecule has 0 radical (unpaired) electrons. The van der Waals surface area contributed by atoms with Crippen LogP contribution < -0.4 is 0 Å². The van der Waals surface area contributed by atoms with Crippen molar-refractivity contribution in [2.24, 2.45) is 17.8 Å². The van der Waals surface area contributed by atoms with E-state index in [1.807, 2.05) is 0 Å². The highest BCUT2D eigenvalue weighted by atomic mass is 16.6. The highest BCUT2D eigenvalue weighted by molar-refractivity contribution is 5.22. The molecule has 25 heavy (non-hydrogen) atoms. The van der Waals surface area contributed by atoms with Gasteiger partial charge in [-0.2, -0.15) is 0 Å². The molecule has 0 spiro atoms. The van der Waals surface area contributed by atoms with Gasteiger partial charge in [0, 0.05) is 0 Å². The topological polar surface area (TPSA) is 37.6 Å². The zero-order valence-corrected chi connectivity index (χ0v) is 15.7. The highest BCUT2D eigenvalue weighted by Gasteiger charge is 2.59. The Morgan fingerprint density at radius 2 is 1.44 bits per heavy atom. The number of fused-ring (bicyclic) bond motifs is 3. The summed E-state index contributed by atoms with van der Waals surface area (Å²) in [5.74, 6) is 2.23. The maximum atomic E-state index is 6.02. The number of hydrogen-bond donors (Lipinski definition) is 0. The highest BCUT2D eigenvalue weighted by Crippen LogP contribution is 2.56. The summed E-state index contributed by atoms with van der Waals surface area (Å²) in [6, 6.07) is 0. The molecule has 3 heterocycles. The lowest BCUT2D eigenvalue weighted by Crippen LogP contribution is -2.30. The molecule has 3 aliphatic heterocycles. The summed E-state index contributed by atoms with van der Waals surface area (Å²) in [6.45, 7) is 4.68. The minimum absolute atomic E-state index is 0.191. The van der Waals surface area contributed by atoms with E-state index in [1.54, 1.807) is 5.57 Å². The second-order valence-electron chi connectivity index (χ2n) is 10.2. The average molecular weight is 344 g/mol. The third kappa shape index (κ3) is 2.64. The van der Waals surface area contributed by atoms with Crippen LogP contribution in [0.3, 0.4) is 0 Å². The third-order valence-electron chi connectivity index (χ3n) is 8.34. The molecule has 6 rings (SSSR count). The minimum atomic E-state index is 0.191. The van der Waals surface area contributed by atoms with Gasteiger partial charge >= 0.3 is 0 Å². The van der Waals surface area contributed by atoms with Gasteiger partial charge in [0.25, 0.3) is 0 Å². The first kappa shape index (κ1) is 15.7. The quantitative estimate of drug-likeness (QED) is 0.563. The maximum Gasteiger partial charge on any atom is 0.0926 e. The molecule has 0 aromatic carbocycles. The number of rotatable bonds is 3.